The van der Waals surface area contributed by atoms with Gasteiger partial charge in [-0.25, -0.2) is 13.1 Å². The van der Waals surface area contributed by atoms with Crippen LogP contribution in [0.15, 0.2) is 48.6 Å². The molecule has 1 saturated carbocycles. The Morgan fingerprint density at radius 1 is 1.16 bits per heavy atom. The molecule has 49 heavy (non-hydrogen) atoms. The number of aliphatic hydroxyl groups is 1. The van der Waals surface area contributed by atoms with Crippen molar-refractivity contribution in [2.45, 2.75) is 101 Å². The van der Waals surface area contributed by atoms with Gasteiger partial charge in [-0.1, -0.05) is 36.7 Å². The lowest BCUT2D eigenvalue weighted by atomic mass is 9.63. The average Bonchev–Trinajstić information content (AvgIpc) is 3.13. The number of nitrogens with zero attached hydrogens (tertiary/aromatic N) is 1. The fourth-order valence-corrected chi connectivity index (χ4v) is 9.65. The maximum atomic E-state index is 13.5. The number of fused-ring (bicyclic) bond motifs is 4. The van der Waals surface area contributed by atoms with Crippen LogP contribution in [-0.4, -0.2) is 61.5 Å². The van der Waals surface area contributed by atoms with Crippen molar-refractivity contribution in [2.75, 3.05) is 24.6 Å². The third-order valence-corrected chi connectivity index (χ3v) is 13.3. The molecule has 6 atom stereocenters. The maximum Gasteiger partial charge on any atom is 0.309 e. The molecule has 2 heterocycles. The summed E-state index contributed by atoms with van der Waals surface area (Å²) in [5.74, 6) is -1.16. The highest BCUT2D eigenvalue weighted by Gasteiger charge is 2.49. The van der Waals surface area contributed by atoms with Crippen molar-refractivity contribution in [3.63, 3.8) is 0 Å². The number of carbonyl (C=O) groups excluding carboxylic acids is 2. The number of hydrogen-bond donors (Lipinski definition) is 2. The summed E-state index contributed by atoms with van der Waals surface area (Å²) in [5.41, 5.74) is 0.770. The molecule has 266 valence electrons. The number of ether oxygens (including phenoxy) is 2. The van der Waals surface area contributed by atoms with E-state index in [-0.39, 0.29) is 35.2 Å². The van der Waals surface area contributed by atoms with Crippen molar-refractivity contribution >= 4 is 39.2 Å². The Kier molecular flexibility index (Phi) is 9.65. The number of carbonyl (C=O) groups is 2. The van der Waals surface area contributed by atoms with Gasteiger partial charge in [0, 0.05) is 29.1 Å². The normalized spacial score (nSPS) is 32.0. The minimum Gasteiger partial charge on any atom is -0.490 e. The first-order chi connectivity index (χ1) is 23.0. The molecule has 1 fully saturated rings. The SMILES string of the molecule is C[C@@H]1[C@@H](C)C/C=C/[C@@](O)(CC(=O)OC(C)(C)C)[C@@H]2CC[C@H]2CN2C[C@@]3(CCCc4cc(Cl)ccc43)COc3ccc(cc32)C(=O)NS1(=O)=O. The van der Waals surface area contributed by atoms with Gasteiger partial charge in [0.05, 0.1) is 29.6 Å². The van der Waals surface area contributed by atoms with Crippen molar-refractivity contribution in [1.29, 1.82) is 0 Å². The molecule has 6 rings (SSSR count). The van der Waals surface area contributed by atoms with Crippen molar-refractivity contribution in [3.8, 4) is 5.75 Å². The van der Waals surface area contributed by atoms with Gasteiger partial charge in [-0.15, -0.1) is 0 Å². The third kappa shape index (κ3) is 7.38. The first-order valence-corrected chi connectivity index (χ1v) is 19.4. The predicted octanol–water partition coefficient (Wildman–Crippen LogP) is 6.35. The molecule has 0 saturated heterocycles. The Morgan fingerprint density at radius 3 is 2.65 bits per heavy atom. The van der Waals surface area contributed by atoms with Crippen molar-refractivity contribution < 1.29 is 32.6 Å². The highest BCUT2D eigenvalue weighted by molar-refractivity contribution is 7.90. The largest absolute Gasteiger partial charge is 0.490 e. The molecular formula is C38H49ClN2O7S. The maximum absolute atomic E-state index is 13.5. The van der Waals surface area contributed by atoms with Crippen LogP contribution in [0.2, 0.25) is 5.02 Å². The number of esters is 1. The minimum absolute atomic E-state index is 0.0236. The fourth-order valence-electron chi connectivity index (χ4n) is 8.17. The van der Waals surface area contributed by atoms with E-state index in [4.69, 9.17) is 21.1 Å². The quantitative estimate of drug-likeness (QED) is 0.273. The van der Waals surface area contributed by atoms with Gasteiger partial charge in [0.2, 0.25) is 10.0 Å². The Bertz CT molecular complexity index is 1750. The second-order valence-electron chi connectivity index (χ2n) is 15.8. The van der Waals surface area contributed by atoms with Crippen LogP contribution in [0.3, 0.4) is 0 Å². The van der Waals surface area contributed by atoms with Crippen LogP contribution in [0.25, 0.3) is 0 Å². The van der Waals surface area contributed by atoms with E-state index in [2.05, 4.69) is 15.7 Å². The molecule has 1 amide bonds. The summed E-state index contributed by atoms with van der Waals surface area (Å²) >= 11 is 6.43. The molecule has 2 bridgehead atoms. The summed E-state index contributed by atoms with van der Waals surface area (Å²) in [6, 6.07) is 11.2. The molecule has 2 N–H and O–H groups in total. The highest BCUT2D eigenvalue weighted by Crippen LogP contribution is 2.49. The number of allylic oxidation sites excluding steroid dienone is 1. The zero-order valence-electron chi connectivity index (χ0n) is 29.1. The van der Waals surface area contributed by atoms with Crippen LogP contribution in [0.5, 0.6) is 5.75 Å². The third-order valence-electron chi connectivity index (χ3n) is 11.1. The zero-order chi connectivity index (χ0) is 35.4. The highest BCUT2D eigenvalue weighted by atomic mass is 35.5. The number of rotatable bonds is 2. The van der Waals surface area contributed by atoms with Gasteiger partial charge in [0.25, 0.3) is 5.91 Å². The number of halogens is 1. The smallest absolute Gasteiger partial charge is 0.309 e. The number of nitrogens with one attached hydrogen (secondary N) is 1. The van der Waals surface area contributed by atoms with Crippen LogP contribution >= 0.6 is 11.6 Å². The molecule has 0 unspecified atom stereocenters. The predicted molar refractivity (Wildman–Crippen MR) is 191 cm³/mol. The van der Waals surface area contributed by atoms with E-state index < -0.39 is 38.4 Å². The molecule has 2 aliphatic heterocycles. The summed E-state index contributed by atoms with van der Waals surface area (Å²) in [6.45, 7) is 10.4. The minimum atomic E-state index is -4.04. The molecule has 0 radical (unpaired) electrons. The van der Waals surface area contributed by atoms with Crippen molar-refractivity contribution in [1.82, 2.24) is 4.72 Å². The molecule has 0 aromatic heterocycles. The average molecular weight is 713 g/mol. The number of sulfonamides is 1. The number of benzene rings is 2. The Balaban J connectivity index is 1.44. The summed E-state index contributed by atoms with van der Waals surface area (Å²) in [4.78, 5) is 29.0. The van der Waals surface area contributed by atoms with E-state index in [1.165, 1.54) is 11.1 Å². The van der Waals surface area contributed by atoms with E-state index in [1.807, 2.05) is 12.1 Å². The van der Waals surface area contributed by atoms with Gasteiger partial charge in [0.15, 0.2) is 0 Å². The van der Waals surface area contributed by atoms with E-state index >= 15 is 0 Å². The van der Waals surface area contributed by atoms with Gasteiger partial charge in [-0.2, -0.15) is 0 Å². The van der Waals surface area contributed by atoms with E-state index in [9.17, 15) is 23.1 Å². The lowest BCUT2D eigenvalue weighted by Crippen LogP contribution is -2.53. The Labute approximate surface area is 295 Å². The van der Waals surface area contributed by atoms with Gasteiger partial charge in [0.1, 0.15) is 11.4 Å². The summed E-state index contributed by atoms with van der Waals surface area (Å²) in [7, 11) is -4.04. The number of anilines is 1. The van der Waals surface area contributed by atoms with Crippen LogP contribution in [0.4, 0.5) is 5.69 Å². The van der Waals surface area contributed by atoms with Crippen LogP contribution in [0, 0.1) is 17.8 Å². The van der Waals surface area contributed by atoms with Gasteiger partial charge < -0.3 is 19.5 Å². The van der Waals surface area contributed by atoms with E-state index in [0.717, 1.165) is 32.1 Å². The summed E-state index contributed by atoms with van der Waals surface area (Å²) < 4.78 is 41.4. The zero-order valence-corrected chi connectivity index (χ0v) is 30.7. The van der Waals surface area contributed by atoms with Gasteiger partial charge in [-0.3, -0.25) is 9.59 Å². The second kappa shape index (κ2) is 13.2. The van der Waals surface area contributed by atoms with Crippen molar-refractivity contribution in [3.05, 3.63) is 70.3 Å². The second-order valence-corrected chi connectivity index (χ2v) is 18.3. The summed E-state index contributed by atoms with van der Waals surface area (Å²) in [5, 5.41) is 12.1. The van der Waals surface area contributed by atoms with Crippen molar-refractivity contribution in [2.24, 2.45) is 17.8 Å². The Morgan fingerprint density at radius 2 is 1.94 bits per heavy atom. The molecule has 2 aromatic rings. The lowest BCUT2D eigenvalue weighted by Gasteiger charge is -2.49. The molecular weight excluding hydrogens is 664 g/mol. The first kappa shape index (κ1) is 35.7. The lowest BCUT2D eigenvalue weighted by molar-refractivity contribution is -0.162. The monoisotopic (exact) mass is 712 g/mol. The molecule has 9 nitrogen and oxygen atoms in total. The van der Waals surface area contributed by atoms with Crippen LogP contribution < -0.4 is 14.4 Å². The molecule has 2 aliphatic carbocycles. The van der Waals surface area contributed by atoms with Crippen LogP contribution in [0.1, 0.15) is 94.6 Å². The van der Waals surface area contributed by atoms with E-state index in [0.29, 0.717) is 42.6 Å². The molecule has 11 heteroatoms. The number of amides is 1. The number of hydrogen-bond acceptors (Lipinski definition) is 8. The van der Waals surface area contributed by atoms with Gasteiger partial charge >= 0.3 is 5.97 Å². The van der Waals surface area contributed by atoms with E-state index in [1.54, 1.807) is 65.0 Å². The molecule has 1 spiro atoms. The van der Waals surface area contributed by atoms with Crippen LogP contribution in [-0.2, 0) is 31.4 Å². The fraction of sp³-hybridized carbons (Fsp3) is 0.579. The van der Waals surface area contributed by atoms with Gasteiger partial charge in [-0.05, 0) is 125 Å². The molecule has 2 aromatic carbocycles. The summed E-state index contributed by atoms with van der Waals surface area (Å²) in [6.07, 6.45) is 7.96. The number of aryl methyl sites for hydroxylation is 1. The standard InChI is InChI=1S/C38H49ClN2O7S/c1-24-8-6-17-38(44,20-34(42)48-36(3,4)5)31-13-10-28(31)21-41-22-37(16-7-9-26-18-29(39)12-14-30(26)37)23-47-33-15-11-27(19-32(33)41)35(43)40-49(45,46)25(24)2/h6,11-12,14-15,17-19,24-25,28,31,44H,7-10,13,16,20-23H2,1-5H3,(H,40,43)/b17-6+/t24-,25+,28-,31+,37-,38+/m0/s1. The first-order valence-electron chi connectivity index (χ1n) is 17.5. The topological polar surface area (TPSA) is 122 Å². The molecule has 4 aliphatic rings. The Hall–Kier alpha value is -3.08.